The minimum Gasteiger partial charge on any atom is -0.493 e. The second kappa shape index (κ2) is 14.9. The van der Waals surface area contributed by atoms with Crippen LogP contribution in [0.2, 0.25) is 0 Å². The maximum atomic E-state index is 6.11. The number of ether oxygens (including phenoxy) is 3. The van der Waals surface area contributed by atoms with Crippen molar-refractivity contribution in [2.45, 2.75) is 39.7 Å². The summed E-state index contributed by atoms with van der Waals surface area (Å²) in [4.78, 5) is 4.30. The van der Waals surface area contributed by atoms with Crippen molar-refractivity contribution in [2.75, 3.05) is 46.6 Å². The predicted octanol–water partition coefficient (Wildman–Crippen LogP) is 3.51. The van der Waals surface area contributed by atoms with Gasteiger partial charge in [0.1, 0.15) is 5.75 Å². The molecule has 0 aliphatic carbocycles. The van der Waals surface area contributed by atoms with Gasteiger partial charge in [0.2, 0.25) is 0 Å². The van der Waals surface area contributed by atoms with Crippen LogP contribution in [0.4, 0.5) is 0 Å². The van der Waals surface area contributed by atoms with E-state index in [9.17, 15) is 0 Å². The van der Waals surface area contributed by atoms with E-state index in [-0.39, 0.29) is 24.0 Å². The molecule has 1 unspecified atom stereocenters. The number of benzene rings is 1. The van der Waals surface area contributed by atoms with Crippen molar-refractivity contribution in [3.05, 3.63) is 29.3 Å². The van der Waals surface area contributed by atoms with Crippen molar-refractivity contribution >= 4 is 29.9 Å². The molecular formula is C21H36IN3O3. The number of nitrogens with zero attached hydrogens (tertiary/aromatic N) is 1. The third-order valence-corrected chi connectivity index (χ3v) is 4.60. The second-order valence-electron chi connectivity index (χ2n) is 6.91. The first-order valence-electron chi connectivity index (χ1n) is 10.0. The Morgan fingerprint density at radius 1 is 1.29 bits per heavy atom. The molecule has 1 saturated heterocycles. The molecule has 1 atom stereocenters. The van der Waals surface area contributed by atoms with Crippen LogP contribution in [0.25, 0.3) is 0 Å². The lowest BCUT2D eigenvalue weighted by molar-refractivity contribution is 0.143. The van der Waals surface area contributed by atoms with Gasteiger partial charge in [-0.2, -0.15) is 0 Å². The van der Waals surface area contributed by atoms with Crippen LogP contribution < -0.4 is 15.4 Å². The van der Waals surface area contributed by atoms with Crippen molar-refractivity contribution in [2.24, 2.45) is 10.9 Å². The zero-order valence-corrected chi connectivity index (χ0v) is 19.8. The van der Waals surface area contributed by atoms with Gasteiger partial charge < -0.3 is 24.8 Å². The lowest BCUT2D eigenvalue weighted by atomic mass is 10.1. The zero-order valence-electron chi connectivity index (χ0n) is 17.5. The summed E-state index contributed by atoms with van der Waals surface area (Å²) >= 11 is 0. The summed E-state index contributed by atoms with van der Waals surface area (Å²) in [5, 5.41) is 6.73. The number of hydrogen-bond donors (Lipinski definition) is 2. The monoisotopic (exact) mass is 505 g/mol. The summed E-state index contributed by atoms with van der Waals surface area (Å²) in [6, 6.07) is 6.35. The molecule has 1 heterocycles. The number of aliphatic imine (C=N–C) groups is 1. The Labute approximate surface area is 186 Å². The quantitative estimate of drug-likeness (QED) is 0.209. The van der Waals surface area contributed by atoms with E-state index in [1.165, 1.54) is 5.56 Å². The Hall–Kier alpha value is -1.06. The van der Waals surface area contributed by atoms with Crippen molar-refractivity contribution in [1.82, 2.24) is 10.6 Å². The van der Waals surface area contributed by atoms with Crippen LogP contribution in [0.1, 0.15) is 37.3 Å². The van der Waals surface area contributed by atoms with E-state index < -0.39 is 0 Å². The second-order valence-corrected chi connectivity index (χ2v) is 6.91. The molecule has 0 amide bonds. The van der Waals surface area contributed by atoms with Gasteiger partial charge in [0.15, 0.2) is 5.96 Å². The third kappa shape index (κ3) is 9.43. The molecule has 6 nitrogen and oxygen atoms in total. The fraction of sp³-hybridized carbons (Fsp3) is 0.667. The number of hydrogen-bond acceptors (Lipinski definition) is 4. The highest BCUT2D eigenvalue weighted by Gasteiger charge is 2.17. The topological polar surface area (TPSA) is 64.1 Å². The summed E-state index contributed by atoms with van der Waals surface area (Å²) in [7, 11) is 1.79. The zero-order chi connectivity index (χ0) is 19.3. The molecular weight excluding hydrogens is 469 g/mol. The van der Waals surface area contributed by atoms with Gasteiger partial charge in [-0.3, -0.25) is 4.99 Å². The Morgan fingerprint density at radius 3 is 2.86 bits per heavy atom. The molecule has 0 spiro atoms. The van der Waals surface area contributed by atoms with Crippen molar-refractivity contribution < 1.29 is 14.2 Å². The largest absolute Gasteiger partial charge is 0.493 e. The third-order valence-electron chi connectivity index (χ3n) is 4.60. The summed E-state index contributed by atoms with van der Waals surface area (Å²) in [5.41, 5.74) is 2.34. The predicted molar refractivity (Wildman–Crippen MR) is 125 cm³/mol. The van der Waals surface area contributed by atoms with Crippen LogP contribution in [-0.4, -0.2) is 52.6 Å². The van der Waals surface area contributed by atoms with Crippen LogP contribution in [0.15, 0.2) is 23.2 Å². The van der Waals surface area contributed by atoms with Crippen LogP contribution in [0.3, 0.4) is 0 Å². The molecule has 7 heteroatoms. The minimum absolute atomic E-state index is 0. The number of aryl methyl sites for hydroxylation is 1. The van der Waals surface area contributed by atoms with E-state index in [2.05, 4.69) is 40.7 Å². The Bertz CT molecular complexity index is 578. The van der Waals surface area contributed by atoms with Gasteiger partial charge in [0.05, 0.1) is 13.2 Å². The molecule has 1 aromatic rings. The number of halogens is 1. The molecule has 0 bridgehead atoms. The number of unbranched alkanes of at least 4 members (excludes halogenated alkanes) is 1. The molecule has 1 aliphatic rings. The molecule has 1 aromatic carbocycles. The van der Waals surface area contributed by atoms with Gasteiger partial charge in [-0.05, 0) is 44.7 Å². The highest BCUT2D eigenvalue weighted by atomic mass is 127. The average Bonchev–Trinajstić information content (AvgIpc) is 3.20. The maximum Gasteiger partial charge on any atom is 0.191 e. The van der Waals surface area contributed by atoms with Crippen molar-refractivity contribution in [1.29, 1.82) is 0 Å². The molecule has 0 saturated carbocycles. The summed E-state index contributed by atoms with van der Waals surface area (Å²) in [6.07, 6.45) is 3.20. The number of rotatable bonds is 11. The highest BCUT2D eigenvalue weighted by Crippen LogP contribution is 2.22. The SMILES string of the molecule is CCOCCCCNC(=NC)NCc1ccc(C)cc1OCC1CCOC1.I. The summed E-state index contributed by atoms with van der Waals surface area (Å²) in [5.74, 6) is 2.25. The van der Waals surface area contributed by atoms with Crippen LogP contribution in [-0.2, 0) is 16.0 Å². The molecule has 0 aromatic heterocycles. The molecule has 1 fully saturated rings. The van der Waals surface area contributed by atoms with Gasteiger partial charge in [-0.15, -0.1) is 24.0 Å². The molecule has 160 valence electrons. The van der Waals surface area contributed by atoms with Crippen molar-refractivity contribution in [3.8, 4) is 5.75 Å². The van der Waals surface area contributed by atoms with E-state index in [1.54, 1.807) is 7.05 Å². The molecule has 1 aliphatic heterocycles. The van der Waals surface area contributed by atoms with Crippen LogP contribution in [0.5, 0.6) is 5.75 Å². The van der Waals surface area contributed by atoms with E-state index in [1.807, 2.05) is 6.92 Å². The lowest BCUT2D eigenvalue weighted by Crippen LogP contribution is -2.37. The first-order valence-corrected chi connectivity index (χ1v) is 10.0. The maximum absolute atomic E-state index is 6.11. The highest BCUT2D eigenvalue weighted by molar-refractivity contribution is 14.0. The van der Waals surface area contributed by atoms with E-state index in [4.69, 9.17) is 14.2 Å². The van der Waals surface area contributed by atoms with Crippen LogP contribution in [0, 0.1) is 12.8 Å². The van der Waals surface area contributed by atoms with Gasteiger partial charge >= 0.3 is 0 Å². The van der Waals surface area contributed by atoms with Gasteiger partial charge in [0.25, 0.3) is 0 Å². The van der Waals surface area contributed by atoms with E-state index in [0.29, 0.717) is 19.1 Å². The standard InChI is InChI=1S/C21H35N3O3.HI/c1-4-25-11-6-5-10-23-21(22-3)24-14-19-8-7-17(2)13-20(19)27-16-18-9-12-26-15-18;/h7-8,13,18H,4-6,9-12,14-16H2,1-3H3,(H2,22,23,24);1H. The normalized spacial score (nSPS) is 16.5. The van der Waals surface area contributed by atoms with E-state index in [0.717, 1.165) is 69.5 Å². The Morgan fingerprint density at radius 2 is 2.14 bits per heavy atom. The lowest BCUT2D eigenvalue weighted by Gasteiger charge is -2.17. The molecule has 28 heavy (non-hydrogen) atoms. The average molecular weight is 505 g/mol. The number of guanidine groups is 1. The first-order chi connectivity index (χ1) is 13.2. The summed E-state index contributed by atoms with van der Waals surface area (Å²) in [6.45, 7) is 9.64. The summed E-state index contributed by atoms with van der Waals surface area (Å²) < 4.78 is 16.9. The van der Waals surface area contributed by atoms with Crippen LogP contribution >= 0.6 is 24.0 Å². The molecule has 2 N–H and O–H groups in total. The Kier molecular flexibility index (Phi) is 13.3. The molecule has 2 rings (SSSR count). The van der Waals surface area contributed by atoms with Crippen molar-refractivity contribution in [3.63, 3.8) is 0 Å². The first kappa shape index (κ1) is 25.0. The van der Waals surface area contributed by atoms with Gasteiger partial charge in [0, 0.05) is 51.4 Å². The smallest absolute Gasteiger partial charge is 0.191 e. The fourth-order valence-corrected chi connectivity index (χ4v) is 2.94. The number of nitrogens with one attached hydrogen (secondary N) is 2. The Balaban J connectivity index is 0.00000392. The van der Waals surface area contributed by atoms with Gasteiger partial charge in [-0.1, -0.05) is 12.1 Å². The molecule has 0 radical (unpaired) electrons. The minimum atomic E-state index is 0. The fourth-order valence-electron chi connectivity index (χ4n) is 2.94. The van der Waals surface area contributed by atoms with Gasteiger partial charge in [-0.25, -0.2) is 0 Å². The van der Waals surface area contributed by atoms with E-state index >= 15 is 0 Å².